The van der Waals surface area contributed by atoms with E-state index in [-0.39, 0.29) is 17.0 Å². The Morgan fingerprint density at radius 1 is 1.32 bits per heavy atom. The summed E-state index contributed by atoms with van der Waals surface area (Å²) in [6, 6.07) is 0. The van der Waals surface area contributed by atoms with E-state index in [1.807, 2.05) is 13.8 Å². The Morgan fingerprint density at radius 3 is 2.53 bits per heavy atom. The van der Waals surface area contributed by atoms with Gasteiger partial charge in [0.05, 0.1) is 6.61 Å². The van der Waals surface area contributed by atoms with Crippen LogP contribution in [-0.4, -0.2) is 23.8 Å². The Hall–Kier alpha value is -0.570. The smallest absolute Gasteiger partial charge is 0.341 e. The van der Waals surface area contributed by atoms with Gasteiger partial charge >= 0.3 is 5.97 Å². The second kappa shape index (κ2) is 4.76. The van der Waals surface area contributed by atoms with Crippen LogP contribution >= 0.6 is 0 Å². The van der Waals surface area contributed by atoms with Crippen molar-refractivity contribution in [3.05, 3.63) is 0 Å². The molecule has 0 aromatic heterocycles. The van der Waals surface area contributed by atoms with Gasteiger partial charge in [0, 0.05) is 0 Å². The maximum atomic E-state index is 12.4. The maximum Gasteiger partial charge on any atom is 0.341 e. The van der Waals surface area contributed by atoms with Gasteiger partial charge in [0.1, 0.15) is 5.60 Å². The molecule has 2 rings (SSSR count). The predicted molar refractivity (Wildman–Crippen MR) is 74.9 cm³/mol. The van der Waals surface area contributed by atoms with Crippen LogP contribution in [0.2, 0.25) is 0 Å². The number of hydrogen-bond donors (Lipinski definition) is 0. The third-order valence-electron chi connectivity index (χ3n) is 5.00. The van der Waals surface area contributed by atoms with Crippen molar-refractivity contribution in [1.82, 2.24) is 0 Å². The number of carbonyl (C=O) groups excluding carboxylic acids is 1. The molecule has 0 aromatic rings. The summed E-state index contributed by atoms with van der Waals surface area (Å²) < 4.78 is 11.4. The van der Waals surface area contributed by atoms with E-state index in [4.69, 9.17) is 9.47 Å². The average molecular weight is 268 g/mol. The molecule has 1 aliphatic carbocycles. The fraction of sp³-hybridized carbons (Fsp3) is 0.938. The molecule has 1 saturated heterocycles. The summed E-state index contributed by atoms with van der Waals surface area (Å²) in [4.78, 5) is 12.4. The minimum Gasteiger partial charge on any atom is -0.464 e. The molecule has 3 nitrogen and oxygen atoms in total. The highest BCUT2D eigenvalue weighted by atomic mass is 16.7. The van der Waals surface area contributed by atoms with Crippen LogP contribution in [0.5, 0.6) is 0 Å². The summed E-state index contributed by atoms with van der Waals surface area (Å²) in [5.74, 6) is 0.298. The normalized spacial score (nSPS) is 38.3. The molecule has 2 fully saturated rings. The average Bonchev–Trinajstić information content (AvgIpc) is 2.98. The lowest BCUT2D eigenvalue weighted by Crippen LogP contribution is -2.46. The summed E-state index contributed by atoms with van der Waals surface area (Å²) in [7, 11) is 0. The predicted octanol–water partition coefficient (Wildman–Crippen LogP) is 3.70. The maximum absolute atomic E-state index is 12.4. The van der Waals surface area contributed by atoms with Gasteiger partial charge in [0.25, 0.3) is 0 Å². The zero-order chi connectivity index (χ0) is 14.3. The Kier molecular flexibility index (Phi) is 3.72. The Balaban J connectivity index is 2.29. The van der Waals surface area contributed by atoms with Crippen LogP contribution in [0.15, 0.2) is 0 Å². The van der Waals surface area contributed by atoms with Crippen molar-refractivity contribution in [1.29, 1.82) is 0 Å². The molecule has 0 radical (unpaired) electrons. The third kappa shape index (κ3) is 2.10. The molecule has 3 unspecified atom stereocenters. The second-order valence-corrected chi connectivity index (χ2v) is 7.06. The van der Waals surface area contributed by atoms with Crippen molar-refractivity contribution >= 4 is 5.97 Å². The largest absolute Gasteiger partial charge is 0.464 e. The second-order valence-electron chi connectivity index (χ2n) is 7.06. The quantitative estimate of drug-likeness (QED) is 0.578. The fourth-order valence-electron chi connectivity index (χ4n) is 4.14. The fourth-order valence-corrected chi connectivity index (χ4v) is 4.14. The molecule has 1 aliphatic heterocycles. The van der Waals surface area contributed by atoms with Gasteiger partial charge in [-0.15, -0.1) is 0 Å². The molecule has 1 spiro atoms. The topological polar surface area (TPSA) is 38.8 Å². The molecule has 3 heteroatoms. The van der Waals surface area contributed by atoms with E-state index in [0.717, 1.165) is 25.7 Å². The van der Waals surface area contributed by atoms with Gasteiger partial charge in [-0.3, -0.25) is 0 Å². The molecule has 3 atom stereocenters. The van der Waals surface area contributed by atoms with Crippen molar-refractivity contribution in [3.63, 3.8) is 0 Å². The first-order chi connectivity index (χ1) is 8.84. The van der Waals surface area contributed by atoms with Crippen molar-refractivity contribution in [2.24, 2.45) is 11.3 Å². The molecule has 19 heavy (non-hydrogen) atoms. The van der Waals surface area contributed by atoms with Crippen LogP contribution in [0.25, 0.3) is 0 Å². The van der Waals surface area contributed by atoms with Crippen molar-refractivity contribution in [3.8, 4) is 0 Å². The van der Waals surface area contributed by atoms with E-state index in [1.165, 1.54) is 6.42 Å². The van der Waals surface area contributed by atoms with Crippen LogP contribution in [0.4, 0.5) is 0 Å². The number of ether oxygens (including phenoxy) is 2. The highest BCUT2D eigenvalue weighted by Crippen LogP contribution is 2.64. The highest BCUT2D eigenvalue weighted by molar-refractivity contribution is 5.85. The van der Waals surface area contributed by atoms with E-state index in [2.05, 4.69) is 20.8 Å². The van der Waals surface area contributed by atoms with Gasteiger partial charge in [0.2, 0.25) is 0 Å². The lowest BCUT2D eigenvalue weighted by atomic mass is 9.62. The molecule has 2 aliphatic rings. The minimum absolute atomic E-state index is 0.145. The van der Waals surface area contributed by atoms with Crippen LogP contribution in [0, 0.1) is 11.3 Å². The first-order valence-corrected chi connectivity index (χ1v) is 7.71. The zero-order valence-electron chi connectivity index (χ0n) is 13.0. The van der Waals surface area contributed by atoms with Crippen LogP contribution in [-0.2, 0) is 14.3 Å². The zero-order valence-corrected chi connectivity index (χ0v) is 13.0. The number of esters is 1. The first kappa shape index (κ1) is 14.8. The van der Waals surface area contributed by atoms with Gasteiger partial charge in [-0.1, -0.05) is 40.5 Å². The molecule has 0 N–H and O–H groups in total. The van der Waals surface area contributed by atoms with E-state index in [1.54, 1.807) is 0 Å². The van der Waals surface area contributed by atoms with Crippen LogP contribution in [0.3, 0.4) is 0 Å². The lowest BCUT2D eigenvalue weighted by Gasteiger charge is -2.40. The molecule has 1 saturated carbocycles. The van der Waals surface area contributed by atoms with Gasteiger partial charge in [-0.05, 0) is 37.5 Å². The molecule has 0 aromatic carbocycles. The standard InChI is InChI=1S/C16H28O3/c1-6-15(13(17)18-7-2)16(19-15)11-9-8-10-12(16)14(3,4)5/h12H,6-11H2,1-5H3. The van der Waals surface area contributed by atoms with Gasteiger partial charge in [-0.25, -0.2) is 4.79 Å². The molecular weight excluding hydrogens is 240 g/mol. The highest BCUT2D eigenvalue weighted by Gasteiger charge is 2.78. The van der Waals surface area contributed by atoms with E-state index in [0.29, 0.717) is 12.5 Å². The molecule has 0 amide bonds. The summed E-state index contributed by atoms with van der Waals surface area (Å²) in [6.07, 6.45) is 5.29. The Morgan fingerprint density at radius 2 is 2.00 bits per heavy atom. The molecule has 0 bridgehead atoms. The monoisotopic (exact) mass is 268 g/mol. The SMILES string of the molecule is CCOC(=O)C1(CC)OC12CCCCC2C(C)(C)C. The summed E-state index contributed by atoms with van der Waals surface area (Å²) in [5, 5.41) is 0. The molecule has 1 heterocycles. The number of rotatable bonds is 3. The van der Waals surface area contributed by atoms with Crippen molar-refractivity contribution in [2.45, 2.75) is 77.9 Å². The Bertz CT molecular complexity index is 357. The van der Waals surface area contributed by atoms with E-state index < -0.39 is 5.60 Å². The lowest BCUT2D eigenvalue weighted by molar-refractivity contribution is -0.149. The van der Waals surface area contributed by atoms with Crippen molar-refractivity contribution < 1.29 is 14.3 Å². The van der Waals surface area contributed by atoms with Gasteiger partial charge in [-0.2, -0.15) is 0 Å². The van der Waals surface area contributed by atoms with Crippen LogP contribution in [0.1, 0.15) is 66.7 Å². The Labute approximate surface area is 117 Å². The number of carbonyl (C=O) groups is 1. The van der Waals surface area contributed by atoms with Crippen molar-refractivity contribution in [2.75, 3.05) is 6.61 Å². The first-order valence-electron chi connectivity index (χ1n) is 7.71. The number of epoxide rings is 1. The minimum atomic E-state index is -0.665. The number of hydrogen-bond acceptors (Lipinski definition) is 3. The molecule has 110 valence electrons. The van der Waals surface area contributed by atoms with Gasteiger partial charge in [0.15, 0.2) is 5.60 Å². The third-order valence-corrected chi connectivity index (χ3v) is 5.00. The molecular formula is C16H28O3. The van der Waals surface area contributed by atoms with E-state index >= 15 is 0 Å². The van der Waals surface area contributed by atoms with Crippen LogP contribution < -0.4 is 0 Å². The van der Waals surface area contributed by atoms with E-state index in [9.17, 15) is 4.79 Å². The summed E-state index contributed by atoms with van der Waals surface area (Å²) in [5.41, 5.74) is -0.754. The summed E-state index contributed by atoms with van der Waals surface area (Å²) >= 11 is 0. The van der Waals surface area contributed by atoms with Gasteiger partial charge < -0.3 is 9.47 Å². The summed E-state index contributed by atoms with van der Waals surface area (Å²) in [6.45, 7) is 11.1.